The first-order valence-corrected chi connectivity index (χ1v) is 5.84. The Hall–Kier alpha value is -1.11. The van der Waals surface area contributed by atoms with Crippen LogP contribution in [0.4, 0.5) is 0 Å². The molecule has 15 heavy (non-hydrogen) atoms. The lowest BCUT2D eigenvalue weighted by Crippen LogP contribution is -2.03. The van der Waals surface area contributed by atoms with Gasteiger partial charge in [-0.05, 0) is 36.8 Å². The van der Waals surface area contributed by atoms with E-state index >= 15 is 0 Å². The van der Waals surface area contributed by atoms with Crippen molar-refractivity contribution in [3.8, 4) is 0 Å². The molecular formula is C14H18O. The van der Waals surface area contributed by atoms with E-state index in [9.17, 15) is 4.79 Å². The zero-order chi connectivity index (χ0) is 10.7. The Morgan fingerprint density at radius 3 is 2.60 bits per heavy atom. The van der Waals surface area contributed by atoms with Crippen LogP contribution in [0.1, 0.15) is 49.7 Å². The van der Waals surface area contributed by atoms with E-state index in [1.807, 2.05) is 6.07 Å². The fraction of sp³-hybridized carbons (Fsp3) is 0.500. The maximum absolute atomic E-state index is 11.2. The lowest BCUT2D eigenvalue weighted by Gasteiger charge is -2.14. The number of hydrogen-bond donors (Lipinski definition) is 0. The van der Waals surface area contributed by atoms with Crippen molar-refractivity contribution >= 4 is 5.78 Å². The highest BCUT2D eigenvalue weighted by atomic mass is 16.1. The smallest absolute Gasteiger partial charge is 0.134 e. The minimum Gasteiger partial charge on any atom is -0.300 e. The van der Waals surface area contributed by atoms with Gasteiger partial charge in [0.2, 0.25) is 0 Å². The highest BCUT2D eigenvalue weighted by Gasteiger charge is 2.19. The lowest BCUT2D eigenvalue weighted by atomic mass is 9.91. The first-order chi connectivity index (χ1) is 7.27. The molecule has 0 atom stereocenters. The average molecular weight is 202 g/mol. The SMILES string of the molecule is CC(=O)Cc1ccccc1C1CCCC1. The first-order valence-electron chi connectivity index (χ1n) is 5.84. The maximum atomic E-state index is 11.2. The molecule has 1 fully saturated rings. The zero-order valence-corrected chi connectivity index (χ0v) is 9.33. The number of carbonyl (C=O) groups excluding carboxylic acids is 1. The highest BCUT2D eigenvalue weighted by Crippen LogP contribution is 2.35. The Balaban J connectivity index is 2.24. The van der Waals surface area contributed by atoms with Crippen molar-refractivity contribution in [2.24, 2.45) is 0 Å². The van der Waals surface area contributed by atoms with Crippen LogP contribution < -0.4 is 0 Å². The van der Waals surface area contributed by atoms with Gasteiger partial charge in [0.25, 0.3) is 0 Å². The predicted octanol–water partition coefficient (Wildman–Crippen LogP) is 3.48. The van der Waals surface area contributed by atoms with Gasteiger partial charge >= 0.3 is 0 Å². The molecule has 1 nitrogen and oxygen atoms in total. The molecule has 1 aliphatic rings. The molecule has 0 unspecified atom stereocenters. The first kappa shape index (κ1) is 10.4. The monoisotopic (exact) mass is 202 g/mol. The standard InChI is InChI=1S/C14H18O/c1-11(15)10-13-8-4-5-9-14(13)12-6-2-3-7-12/h4-5,8-9,12H,2-3,6-7,10H2,1H3. The van der Waals surface area contributed by atoms with Gasteiger partial charge in [-0.2, -0.15) is 0 Å². The van der Waals surface area contributed by atoms with Gasteiger partial charge in [0.1, 0.15) is 5.78 Å². The third-order valence-corrected chi connectivity index (χ3v) is 3.29. The van der Waals surface area contributed by atoms with Crippen molar-refractivity contribution in [3.63, 3.8) is 0 Å². The molecule has 0 aromatic heterocycles. The molecule has 0 bridgehead atoms. The Morgan fingerprint density at radius 2 is 1.93 bits per heavy atom. The molecule has 1 aliphatic carbocycles. The molecule has 1 aromatic rings. The lowest BCUT2D eigenvalue weighted by molar-refractivity contribution is -0.116. The van der Waals surface area contributed by atoms with Gasteiger partial charge in [0.05, 0.1) is 0 Å². The third-order valence-electron chi connectivity index (χ3n) is 3.29. The summed E-state index contributed by atoms with van der Waals surface area (Å²) in [7, 11) is 0. The molecule has 80 valence electrons. The van der Waals surface area contributed by atoms with Gasteiger partial charge in [-0.15, -0.1) is 0 Å². The van der Waals surface area contributed by atoms with E-state index in [0.717, 1.165) is 0 Å². The Kier molecular flexibility index (Phi) is 3.20. The molecule has 0 spiro atoms. The Morgan fingerprint density at radius 1 is 1.27 bits per heavy atom. The predicted molar refractivity (Wildman–Crippen MR) is 62.0 cm³/mol. The fourth-order valence-electron chi connectivity index (χ4n) is 2.60. The molecule has 0 N–H and O–H groups in total. The normalized spacial score (nSPS) is 16.9. The number of rotatable bonds is 3. The fourth-order valence-corrected chi connectivity index (χ4v) is 2.60. The van der Waals surface area contributed by atoms with Crippen molar-refractivity contribution < 1.29 is 4.79 Å². The van der Waals surface area contributed by atoms with Crippen LogP contribution in [0.5, 0.6) is 0 Å². The van der Waals surface area contributed by atoms with Crippen LogP contribution >= 0.6 is 0 Å². The third kappa shape index (κ3) is 2.47. The Labute approximate surface area is 91.5 Å². The summed E-state index contributed by atoms with van der Waals surface area (Å²) in [5.41, 5.74) is 2.67. The average Bonchev–Trinajstić information content (AvgIpc) is 2.70. The van der Waals surface area contributed by atoms with Crippen LogP contribution in [0.3, 0.4) is 0 Å². The minimum absolute atomic E-state index is 0.264. The molecule has 0 radical (unpaired) electrons. The van der Waals surface area contributed by atoms with Crippen molar-refractivity contribution in [2.45, 2.75) is 44.9 Å². The topological polar surface area (TPSA) is 17.1 Å². The second-order valence-corrected chi connectivity index (χ2v) is 4.56. The summed E-state index contributed by atoms with van der Waals surface area (Å²) < 4.78 is 0. The van der Waals surface area contributed by atoms with Gasteiger partial charge in [0, 0.05) is 6.42 Å². The molecule has 0 saturated heterocycles. The summed E-state index contributed by atoms with van der Waals surface area (Å²) in [6.45, 7) is 1.67. The van der Waals surface area contributed by atoms with Crippen molar-refractivity contribution in [2.75, 3.05) is 0 Å². The van der Waals surface area contributed by atoms with Gasteiger partial charge in [-0.1, -0.05) is 37.1 Å². The van der Waals surface area contributed by atoms with Crippen LogP contribution in [0.15, 0.2) is 24.3 Å². The summed E-state index contributed by atoms with van der Waals surface area (Å²) in [5, 5.41) is 0. The number of benzene rings is 1. The number of hydrogen-bond acceptors (Lipinski definition) is 1. The molecule has 1 heteroatoms. The maximum Gasteiger partial charge on any atom is 0.134 e. The van der Waals surface area contributed by atoms with Crippen LogP contribution in [0.2, 0.25) is 0 Å². The van der Waals surface area contributed by atoms with E-state index in [1.165, 1.54) is 36.8 Å². The van der Waals surface area contributed by atoms with E-state index in [-0.39, 0.29) is 5.78 Å². The van der Waals surface area contributed by atoms with E-state index in [0.29, 0.717) is 12.3 Å². The highest BCUT2D eigenvalue weighted by molar-refractivity contribution is 5.78. The van der Waals surface area contributed by atoms with Crippen LogP contribution in [0, 0.1) is 0 Å². The van der Waals surface area contributed by atoms with Crippen molar-refractivity contribution in [1.29, 1.82) is 0 Å². The number of carbonyl (C=O) groups is 1. The second kappa shape index (κ2) is 4.61. The molecule has 1 saturated carbocycles. The van der Waals surface area contributed by atoms with Crippen LogP contribution in [0.25, 0.3) is 0 Å². The summed E-state index contributed by atoms with van der Waals surface area (Å²) >= 11 is 0. The van der Waals surface area contributed by atoms with Gasteiger partial charge in [-0.25, -0.2) is 0 Å². The zero-order valence-electron chi connectivity index (χ0n) is 9.33. The van der Waals surface area contributed by atoms with Crippen LogP contribution in [-0.4, -0.2) is 5.78 Å². The van der Waals surface area contributed by atoms with E-state index in [4.69, 9.17) is 0 Å². The van der Waals surface area contributed by atoms with E-state index in [1.54, 1.807) is 6.92 Å². The molecule has 2 rings (SSSR count). The van der Waals surface area contributed by atoms with Crippen molar-refractivity contribution in [1.82, 2.24) is 0 Å². The number of ketones is 1. The molecule has 0 aliphatic heterocycles. The van der Waals surface area contributed by atoms with Crippen molar-refractivity contribution in [3.05, 3.63) is 35.4 Å². The quantitative estimate of drug-likeness (QED) is 0.733. The summed E-state index contributed by atoms with van der Waals surface area (Å²) in [6, 6.07) is 8.44. The summed E-state index contributed by atoms with van der Waals surface area (Å²) in [5.74, 6) is 0.973. The van der Waals surface area contributed by atoms with Crippen LogP contribution in [-0.2, 0) is 11.2 Å². The van der Waals surface area contributed by atoms with E-state index < -0.39 is 0 Å². The second-order valence-electron chi connectivity index (χ2n) is 4.56. The molecule has 0 amide bonds. The van der Waals surface area contributed by atoms with Gasteiger partial charge in [0.15, 0.2) is 0 Å². The summed E-state index contributed by atoms with van der Waals surface area (Å²) in [4.78, 5) is 11.2. The molecule has 0 heterocycles. The van der Waals surface area contributed by atoms with E-state index in [2.05, 4.69) is 18.2 Å². The molecular weight excluding hydrogens is 184 g/mol. The summed E-state index contributed by atoms with van der Waals surface area (Å²) in [6.07, 6.45) is 5.90. The molecule has 1 aromatic carbocycles. The Bertz CT molecular complexity index is 348. The largest absolute Gasteiger partial charge is 0.300 e. The van der Waals surface area contributed by atoms with Gasteiger partial charge in [-0.3, -0.25) is 4.79 Å². The minimum atomic E-state index is 0.264. The number of Topliss-reactive ketones (excluding diaryl/α,β-unsaturated/α-hetero) is 1. The van der Waals surface area contributed by atoms with Gasteiger partial charge < -0.3 is 0 Å².